The monoisotopic (exact) mass is 212 g/mol. The fourth-order valence-corrected chi connectivity index (χ4v) is 2.83. The van der Waals surface area contributed by atoms with Crippen molar-refractivity contribution in [2.75, 3.05) is 32.8 Å². The first-order chi connectivity index (χ1) is 7.40. The Morgan fingerprint density at radius 3 is 2.73 bits per heavy atom. The zero-order valence-corrected chi connectivity index (χ0v) is 9.87. The smallest absolute Gasteiger partial charge is 0.0632 e. The van der Waals surface area contributed by atoms with Crippen molar-refractivity contribution in [1.82, 2.24) is 10.2 Å². The fourth-order valence-electron chi connectivity index (χ4n) is 2.83. The second-order valence-electron chi connectivity index (χ2n) is 4.75. The summed E-state index contributed by atoms with van der Waals surface area (Å²) < 4.78 is 5.50. The number of ether oxygens (including phenoxy) is 1. The average molecular weight is 212 g/mol. The first-order valence-electron chi connectivity index (χ1n) is 6.45. The Hall–Kier alpha value is -0.120. The third-order valence-electron chi connectivity index (χ3n) is 3.70. The molecule has 3 nitrogen and oxygen atoms in total. The first kappa shape index (κ1) is 11.4. The van der Waals surface area contributed by atoms with E-state index < -0.39 is 0 Å². The normalized spacial score (nSPS) is 28.8. The van der Waals surface area contributed by atoms with Crippen LogP contribution in [0.2, 0.25) is 0 Å². The summed E-state index contributed by atoms with van der Waals surface area (Å²) in [7, 11) is 0. The standard InChI is InChI=1S/C12H24N2O/c1-2-14(12-5-3-4-6-12)9-11-10-15-8-7-13-11/h11-13H,2-10H2,1H3. The number of nitrogens with one attached hydrogen (secondary N) is 1. The molecular weight excluding hydrogens is 188 g/mol. The zero-order chi connectivity index (χ0) is 10.5. The van der Waals surface area contributed by atoms with Crippen molar-refractivity contribution in [2.45, 2.75) is 44.7 Å². The van der Waals surface area contributed by atoms with Crippen LogP contribution in [0.3, 0.4) is 0 Å². The van der Waals surface area contributed by atoms with Gasteiger partial charge in [0.05, 0.1) is 13.2 Å². The quantitative estimate of drug-likeness (QED) is 0.759. The summed E-state index contributed by atoms with van der Waals surface area (Å²) in [5, 5.41) is 3.54. The Labute approximate surface area is 93.2 Å². The molecule has 0 amide bonds. The molecule has 1 aliphatic heterocycles. The lowest BCUT2D eigenvalue weighted by Crippen LogP contribution is -2.50. The van der Waals surface area contributed by atoms with Gasteiger partial charge in [-0.15, -0.1) is 0 Å². The van der Waals surface area contributed by atoms with E-state index in [9.17, 15) is 0 Å². The van der Waals surface area contributed by atoms with Crippen molar-refractivity contribution in [1.29, 1.82) is 0 Å². The van der Waals surface area contributed by atoms with E-state index in [1.165, 1.54) is 38.8 Å². The van der Waals surface area contributed by atoms with E-state index in [-0.39, 0.29) is 0 Å². The number of morpholine rings is 1. The maximum atomic E-state index is 5.50. The van der Waals surface area contributed by atoms with Gasteiger partial charge in [-0.2, -0.15) is 0 Å². The van der Waals surface area contributed by atoms with Crippen molar-refractivity contribution < 1.29 is 4.74 Å². The van der Waals surface area contributed by atoms with Crippen LogP contribution in [0.1, 0.15) is 32.6 Å². The molecule has 0 bridgehead atoms. The van der Waals surface area contributed by atoms with Gasteiger partial charge in [-0.25, -0.2) is 0 Å². The molecular formula is C12H24N2O. The van der Waals surface area contributed by atoms with Gasteiger partial charge in [-0.3, -0.25) is 4.90 Å². The molecule has 1 unspecified atom stereocenters. The molecule has 88 valence electrons. The second-order valence-corrected chi connectivity index (χ2v) is 4.75. The highest BCUT2D eigenvalue weighted by Gasteiger charge is 2.24. The van der Waals surface area contributed by atoms with Crippen LogP contribution < -0.4 is 5.32 Å². The molecule has 1 N–H and O–H groups in total. The van der Waals surface area contributed by atoms with Crippen molar-refractivity contribution in [3.63, 3.8) is 0 Å². The molecule has 1 aliphatic carbocycles. The summed E-state index contributed by atoms with van der Waals surface area (Å²) in [5.74, 6) is 0. The maximum Gasteiger partial charge on any atom is 0.0632 e. The Morgan fingerprint density at radius 2 is 2.13 bits per heavy atom. The van der Waals surface area contributed by atoms with Gasteiger partial charge < -0.3 is 10.1 Å². The van der Waals surface area contributed by atoms with Crippen LogP contribution in [0.25, 0.3) is 0 Å². The molecule has 1 saturated carbocycles. The Balaban J connectivity index is 1.78. The van der Waals surface area contributed by atoms with E-state index in [1.54, 1.807) is 0 Å². The van der Waals surface area contributed by atoms with Gasteiger partial charge in [0, 0.05) is 25.2 Å². The van der Waals surface area contributed by atoms with E-state index >= 15 is 0 Å². The lowest BCUT2D eigenvalue weighted by Gasteiger charge is -2.33. The lowest BCUT2D eigenvalue weighted by molar-refractivity contribution is 0.0556. The lowest BCUT2D eigenvalue weighted by atomic mass is 10.1. The molecule has 0 spiro atoms. The minimum Gasteiger partial charge on any atom is -0.378 e. The average Bonchev–Trinajstić information content (AvgIpc) is 2.81. The zero-order valence-electron chi connectivity index (χ0n) is 9.87. The SMILES string of the molecule is CCN(CC1COCCN1)C1CCCC1. The second kappa shape index (κ2) is 5.83. The van der Waals surface area contributed by atoms with E-state index in [0.717, 1.165) is 25.8 Å². The first-order valence-corrected chi connectivity index (χ1v) is 6.45. The summed E-state index contributed by atoms with van der Waals surface area (Å²) in [5.41, 5.74) is 0. The highest BCUT2D eigenvalue weighted by Crippen LogP contribution is 2.23. The van der Waals surface area contributed by atoms with Crippen LogP contribution in [0.4, 0.5) is 0 Å². The topological polar surface area (TPSA) is 24.5 Å². The molecule has 3 heteroatoms. The van der Waals surface area contributed by atoms with Crippen LogP contribution in [0, 0.1) is 0 Å². The molecule has 0 aromatic heterocycles. The predicted octanol–water partition coefficient (Wildman–Crippen LogP) is 1.24. The van der Waals surface area contributed by atoms with Crippen LogP contribution in [-0.2, 0) is 4.74 Å². The van der Waals surface area contributed by atoms with Crippen LogP contribution in [0.5, 0.6) is 0 Å². The number of hydrogen-bond donors (Lipinski definition) is 1. The van der Waals surface area contributed by atoms with Gasteiger partial charge in [0.15, 0.2) is 0 Å². The molecule has 0 radical (unpaired) electrons. The van der Waals surface area contributed by atoms with Gasteiger partial charge >= 0.3 is 0 Å². The molecule has 1 heterocycles. The summed E-state index contributed by atoms with van der Waals surface area (Å²) in [6.45, 7) is 7.42. The molecule has 15 heavy (non-hydrogen) atoms. The largest absolute Gasteiger partial charge is 0.378 e. The molecule has 2 rings (SSSR count). The summed E-state index contributed by atoms with van der Waals surface area (Å²) in [4.78, 5) is 2.64. The molecule has 0 aromatic rings. The van der Waals surface area contributed by atoms with E-state index in [0.29, 0.717) is 6.04 Å². The van der Waals surface area contributed by atoms with Gasteiger partial charge in [0.1, 0.15) is 0 Å². The van der Waals surface area contributed by atoms with Gasteiger partial charge in [0.2, 0.25) is 0 Å². The molecule has 1 atom stereocenters. The third kappa shape index (κ3) is 3.16. The van der Waals surface area contributed by atoms with Crippen LogP contribution in [-0.4, -0.2) is 49.8 Å². The van der Waals surface area contributed by atoms with Crippen LogP contribution in [0.15, 0.2) is 0 Å². The minimum atomic E-state index is 0.555. The minimum absolute atomic E-state index is 0.555. The summed E-state index contributed by atoms with van der Waals surface area (Å²) in [6.07, 6.45) is 5.66. The molecule has 1 saturated heterocycles. The number of nitrogens with zero attached hydrogens (tertiary/aromatic N) is 1. The van der Waals surface area contributed by atoms with E-state index in [4.69, 9.17) is 4.74 Å². The van der Waals surface area contributed by atoms with E-state index in [1.807, 2.05) is 0 Å². The van der Waals surface area contributed by atoms with Crippen molar-refractivity contribution in [3.05, 3.63) is 0 Å². The van der Waals surface area contributed by atoms with E-state index in [2.05, 4.69) is 17.1 Å². The molecule has 0 aromatic carbocycles. The highest BCUT2D eigenvalue weighted by molar-refractivity contribution is 4.81. The molecule has 2 fully saturated rings. The number of rotatable bonds is 4. The fraction of sp³-hybridized carbons (Fsp3) is 1.00. The van der Waals surface area contributed by atoms with Crippen LogP contribution >= 0.6 is 0 Å². The Bertz CT molecular complexity index is 174. The highest BCUT2D eigenvalue weighted by atomic mass is 16.5. The van der Waals surface area contributed by atoms with Crippen molar-refractivity contribution >= 4 is 0 Å². The summed E-state index contributed by atoms with van der Waals surface area (Å²) >= 11 is 0. The van der Waals surface area contributed by atoms with Crippen molar-refractivity contribution in [2.24, 2.45) is 0 Å². The maximum absolute atomic E-state index is 5.50. The Morgan fingerprint density at radius 1 is 1.33 bits per heavy atom. The Kier molecular flexibility index (Phi) is 4.42. The van der Waals surface area contributed by atoms with Gasteiger partial charge in [0.25, 0.3) is 0 Å². The number of likely N-dealkylation sites (N-methyl/N-ethyl adjacent to an activating group) is 1. The van der Waals surface area contributed by atoms with Gasteiger partial charge in [-0.05, 0) is 19.4 Å². The van der Waals surface area contributed by atoms with Crippen molar-refractivity contribution in [3.8, 4) is 0 Å². The third-order valence-corrected chi connectivity index (χ3v) is 3.70. The predicted molar refractivity (Wildman–Crippen MR) is 62.1 cm³/mol. The molecule has 2 aliphatic rings. The van der Waals surface area contributed by atoms with Gasteiger partial charge in [-0.1, -0.05) is 19.8 Å². The number of hydrogen-bond acceptors (Lipinski definition) is 3. The summed E-state index contributed by atoms with van der Waals surface area (Å²) in [6, 6.07) is 1.40.